The van der Waals surface area contributed by atoms with Crippen molar-refractivity contribution in [1.82, 2.24) is 5.32 Å². The number of nitrogens with one attached hydrogen (secondary N) is 1. The third-order valence-corrected chi connectivity index (χ3v) is 4.58. The van der Waals surface area contributed by atoms with Crippen LogP contribution in [0.1, 0.15) is 19.3 Å². The van der Waals surface area contributed by atoms with Gasteiger partial charge in [-0.05, 0) is 43.4 Å². The minimum absolute atomic E-state index is 0.164. The molecule has 3 rings (SSSR count). The SMILES string of the molecule is O=[N+]([O-])c1ccc(N2CCC3(CCNC3)CC2)cc1. The highest BCUT2D eigenvalue weighted by Crippen LogP contribution is 2.38. The second kappa shape index (κ2) is 4.81. The van der Waals surface area contributed by atoms with Crippen LogP contribution in [0.15, 0.2) is 24.3 Å². The van der Waals surface area contributed by atoms with E-state index in [1.165, 1.54) is 19.3 Å². The maximum atomic E-state index is 10.6. The molecule has 19 heavy (non-hydrogen) atoms. The number of nitrogens with zero attached hydrogens (tertiary/aromatic N) is 2. The molecule has 0 aliphatic carbocycles. The highest BCUT2D eigenvalue weighted by Gasteiger charge is 2.36. The van der Waals surface area contributed by atoms with Crippen molar-refractivity contribution < 1.29 is 4.92 Å². The van der Waals surface area contributed by atoms with Crippen LogP contribution in [0.2, 0.25) is 0 Å². The molecule has 5 heteroatoms. The first-order chi connectivity index (χ1) is 9.19. The molecule has 1 spiro atoms. The van der Waals surface area contributed by atoms with E-state index in [1.807, 2.05) is 12.1 Å². The number of piperidine rings is 1. The van der Waals surface area contributed by atoms with E-state index in [0.29, 0.717) is 5.41 Å². The maximum Gasteiger partial charge on any atom is 0.269 e. The second-order valence-electron chi connectivity index (χ2n) is 5.69. The van der Waals surface area contributed by atoms with Gasteiger partial charge in [-0.15, -0.1) is 0 Å². The van der Waals surface area contributed by atoms with Crippen molar-refractivity contribution in [3.8, 4) is 0 Å². The van der Waals surface area contributed by atoms with Crippen LogP contribution >= 0.6 is 0 Å². The molecule has 1 aromatic rings. The summed E-state index contributed by atoms with van der Waals surface area (Å²) in [7, 11) is 0. The molecule has 0 unspecified atom stereocenters. The van der Waals surface area contributed by atoms with E-state index in [-0.39, 0.29) is 10.6 Å². The van der Waals surface area contributed by atoms with Crippen LogP contribution in [-0.2, 0) is 0 Å². The zero-order valence-electron chi connectivity index (χ0n) is 11.0. The Morgan fingerprint density at radius 3 is 2.37 bits per heavy atom. The third kappa shape index (κ3) is 2.42. The van der Waals surface area contributed by atoms with Crippen molar-refractivity contribution >= 4 is 11.4 Å². The van der Waals surface area contributed by atoms with Crippen molar-refractivity contribution in [2.24, 2.45) is 5.41 Å². The van der Waals surface area contributed by atoms with Gasteiger partial charge in [-0.2, -0.15) is 0 Å². The zero-order chi connectivity index (χ0) is 13.3. The molecule has 0 amide bonds. The Labute approximate surface area is 112 Å². The number of hydrogen-bond donors (Lipinski definition) is 1. The summed E-state index contributed by atoms with van der Waals surface area (Å²) in [4.78, 5) is 12.6. The Hall–Kier alpha value is -1.62. The van der Waals surface area contributed by atoms with Gasteiger partial charge in [0.2, 0.25) is 0 Å². The van der Waals surface area contributed by atoms with Crippen LogP contribution in [0.5, 0.6) is 0 Å². The van der Waals surface area contributed by atoms with E-state index < -0.39 is 0 Å². The molecule has 2 saturated heterocycles. The summed E-state index contributed by atoms with van der Waals surface area (Å²) in [5, 5.41) is 14.1. The summed E-state index contributed by atoms with van der Waals surface area (Å²) in [6.45, 7) is 4.41. The van der Waals surface area contributed by atoms with Crippen molar-refractivity contribution in [2.45, 2.75) is 19.3 Å². The molecule has 2 heterocycles. The minimum atomic E-state index is -0.348. The number of nitro groups is 1. The highest BCUT2D eigenvalue weighted by atomic mass is 16.6. The van der Waals surface area contributed by atoms with Gasteiger partial charge in [-0.3, -0.25) is 10.1 Å². The Bertz CT molecular complexity index is 456. The first-order valence-electron chi connectivity index (χ1n) is 6.89. The molecule has 2 aliphatic rings. The van der Waals surface area contributed by atoms with Gasteiger partial charge >= 0.3 is 0 Å². The largest absolute Gasteiger partial charge is 0.371 e. The van der Waals surface area contributed by atoms with Crippen LogP contribution in [0.4, 0.5) is 11.4 Å². The standard InChI is InChI=1S/C14H19N3O2/c18-17(19)13-3-1-12(2-4-13)16-9-6-14(7-10-16)5-8-15-11-14/h1-4,15H,5-11H2. The highest BCUT2D eigenvalue weighted by molar-refractivity contribution is 5.51. The Balaban J connectivity index is 1.66. The number of non-ortho nitro benzene ring substituents is 1. The number of nitro benzene ring substituents is 1. The van der Waals surface area contributed by atoms with Gasteiger partial charge < -0.3 is 10.2 Å². The molecule has 1 aromatic carbocycles. The summed E-state index contributed by atoms with van der Waals surface area (Å²) in [5.74, 6) is 0. The Morgan fingerprint density at radius 2 is 1.84 bits per heavy atom. The van der Waals surface area contributed by atoms with Crippen molar-refractivity contribution in [3.63, 3.8) is 0 Å². The first kappa shape index (κ1) is 12.4. The number of hydrogen-bond acceptors (Lipinski definition) is 4. The molecule has 2 fully saturated rings. The topological polar surface area (TPSA) is 58.4 Å². The smallest absolute Gasteiger partial charge is 0.269 e. The van der Waals surface area contributed by atoms with Gasteiger partial charge in [-0.25, -0.2) is 0 Å². The summed E-state index contributed by atoms with van der Waals surface area (Å²) in [6, 6.07) is 6.92. The van der Waals surface area contributed by atoms with Gasteiger partial charge in [0.25, 0.3) is 5.69 Å². The Morgan fingerprint density at radius 1 is 1.16 bits per heavy atom. The average molecular weight is 261 g/mol. The molecule has 0 bridgehead atoms. The van der Waals surface area contributed by atoms with Gasteiger partial charge in [0, 0.05) is 37.5 Å². The minimum Gasteiger partial charge on any atom is -0.371 e. The summed E-state index contributed by atoms with van der Waals surface area (Å²) < 4.78 is 0. The van der Waals surface area contributed by atoms with Gasteiger partial charge in [0.15, 0.2) is 0 Å². The van der Waals surface area contributed by atoms with E-state index >= 15 is 0 Å². The van der Waals surface area contributed by atoms with Crippen LogP contribution in [0.3, 0.4) is 0 Å². The number of anilines is 1. The first-order valence-corrected chi connectivity index (χ1v) is 6.89. The zero-order valence-corrected chi connectivity index (χ0v) is 11.0. The van der Waals surface area contributed by atoms with Crippen LogP contribution in [0.25, 0.3) is 0 Å². The fourth-order valence-electron chi connectivity index (χ4n) is 3.25. The van der Waals surface area contributed by atoms with Crippen molar-refractivity contribution in [1.29, 1.82) is 0 Å². The lowest BCUT2D eigenvalue weighted by molar-refractivity contribution is -0.384. The molecule has 1 N–H and O–H groups in total. The molecular weight excluding hydrogens is 242 g/mol. The molecule has 0 aromatic heterocycles. The van der Waals surface area contributed by atoms with Crippen LogP contribution in [0, 0.1) is 15.5 Å². The fraction of sp³-hybridized carbons (Fsp3) is 0.571. The molecule has 5 nitrogen and oxygen atoms in total. The molecule has 0 saturated carbocycles. The quantitative estimate of drug-likeness (QED) is 0.655. The van der Waals surface area contributed by atoms with Gasteiger partial charge in [0.05, 0.1) is 4.92 Å². The van der Waals surface area contributed by atoms with Crippen LogP contribution in [-0.4, -0.2) is 31.1 Å². The summed E-state index contributed by atoms with van der Waals surface area (Å²) in [6.07, 6.45) is 3.73. The summed E-state index contributed by atoms with van der Waals surface area (Å²) >= 11 is 0. The van der Waals surface area contributed by atoms with E-state index in [2.05, 4.69) is 10.2 Å². The van der Waals surface area contributed by atoms with Crippen molar-refractivity contribution in [2.75, 3.05) is 31.1 Å². The lowest BCUT2D eigenvalue weighted by Crippen LogP contribution is -2.41. The fourth-order valence-corrected chi connectivity index (χ4v) is 3.25. The second-order valence-corrected chi connectivity index (χ2v) is 5.69. The molecule has 0 atom stereocenters. The van der Waals surface area contributed by atoms with Gasteiger partial charge in [0.1, 0.15) is 0 Å². The van der Waals surface area contributed by atoms with E-state index in [1.54, 1.807) is 12.1 Å². The number of rotatable bonds is 2. The molecular formula is C14H19N3O2. The number of benzene rings is 1. The predicted octanol–water partition coefficient (Wildman–Crippen LogP) is 2.17. The van der Waals surface area contributed by atoms with E-state index in [9.17, 15) is 10.1 Å². The lowest BCUT2D eigenvalue weighted by atomic mass is 9.78. The van der Waals surface area contributed by atoms with E-state index in [0.717, 1.165) is 31.9 Å². The predicted molar refractivity (Wildman–Crippen MR) is 74.5 cm³/mol. The monoisotopic (exact) mass is 261 g/mol. The van der Waals surface area contributed by atoms with Crippen molar-refractivity contribution in [3.05, 3.63) is 34.4 Å². The van der Waals surface area contributed by atoms with E-state index in [4.69, 9.17) is 0 Å². The Kier molecular flexibility index (Phi) is 3.14. The normalized spacial score (nSPS) is 21.8. The molecule has 0 radical (unpaired) electrons. The lowest BCUT2D eigenvalue weighted by Gasteiger charge is -2.40. The average Bonchev–Trinajstić information content (AvgIpc) is 2.88. The maximum absolute atomic E-state index is 10.6. The van der Waals surface area contributed by atoms with Gasteiger partial charge in [-0.1, -0.05) is 0 Å². The van der Waals surface area contributed by atoms with Crippen LogP contribution < -0.4 is 10.2 Å². The summed E-state index contributed by atoms with van der Waals surface area (Å²) in [5.41, 5.74) is 1.78. The third-order valence-electron chi connectivity index (χ3n) is 4.58. The molecule has 2 aliphatic heterocycles. The molecule has 102 valence electrons.